The van der Waals surface area contributed by atoms with Crippen molar-refractivity contribution in [2.75, 3.05) is 5.73 Å². The number of nitrogen functional groups attached to an aromatic ring is 1. The first-order valence-corrected chi connectivity index (χ1v) is 6.06. The van der Waals surface area contributed by atoms with E-state index >= 15 is 0 Å². The van der Waals surface area contributed by atoms with Gasteiger partial charge in [0.25, 0.3) is 5.91 Å². The van der Waals surface area contributed by atoms with E-state index in [1.165, 1.54) is 0 Å². The van der Waals surface area contributed by atoms with Crippen molar-refractivity contribution in [3.63, 3.8) is 0 Å². The second kappa shape index (κ2) is 5.67. The third-order valence-corrected chi connectivity index (χ3v) is 2.76. The van der Waals surface area contributed by atoms with Gasteiger partial charge in [0.05, 0.1) is 17.8 Å². The number of anilines is 1. The molecule has 0 aliphatic carbocycles. The Labute approximate surface area is 115 Å². The molecule has 0 radical (unpaired) electrons. The number of carbonyl (C=O) groups excluding carboxylic acids is 1. The molecule has 0 unspecified atom stereocenters. The summed E-state index contributed by atoms with van der Waals surface area (Å²) in [5.41, 5.74) is 7.24. The van der Waals surface area contributed by atoms with Crippen molar-refractivity contribution in [2.45, 2.75) is 13.5 Å². The summed E-state index contributed by atoms with van der Waals surface area (Å²) < 4.78 is 0. The smallest absolute Gasteiger partial charge is 0.253 e. The second-order valence-electron chi connectivity index (χ2n) is 4.01. The van der Waals surface area contributed by atoms with Crippen LogP contribution in [-0.4, -0.2) is 15.9 Å². The minimum atomic E-state index is -0.259. The molecule has 98 valence electrons. The monoisotopic (exact) mass is 276 g/mol. The first-order valence-electron chi connectivity index (χ1n) is 5.68. The molecule has 0 fully saturated rings. The number of carbonyl (C=O) groups is 1. The molecular formula is C13H13ClN4O. The number of benzene rings is 1. The molecule has 19 heavy (non-hydrogen) atoms. The molecule has 0 spiro atoms. The quantitative estimate of drug-likeness (QED) is 0.840. The van der Waals surface area contributed by atoms with Gasteiger partial charge in [-0.3, -0.25) is 4.79 Å². The molecule has 0 bridgehead atoms. The minimum absolute atomic E-state index is 0.259. The summed E-state index contributed by atoms with van der Waals surface area (Å²) in [6.07, 6.45) is 1.65. The van der Waals surface area contributed by atoms with E-state index in [1.807, 2.05) is 0 Å². The Kier molecular flexibility index (Phi) is 3.97. The van der Waals surface area contributed by atoms with Crippen LogP contribution in [0.5, 0.6) is 0 Å². The molecule has 1 amide bonds. The van der Waals surface area contributed by atoms with E-state index in [-0.39, 0.29) is 5.91 Å². The van der Waals surface area contributed by atoms with Gasteiger partial charge >= 0.3 is 0 Å². The van der Waals surface area contributed by atoms with Crippen molar-refractivity contribution >= 4 is 23.2 Å². The molecule has 2 rings (SSSR count). The summed E-state index contributed by atoms with van der Waals surface area (Å²) in [7, 11) is 0. The molecule has 0 aliphatic rings. The lowest BCUT2D eigenvalue weighted by atomic mass is 10.1. The first kappa shape index (κ1) is 13.3. The molecular weight excluding hydrogens is 264 g/mol. The maximum absolute atomic E-state index is 12.0. The summed E-state index contributed by atoms with van der Waals surface area (Å²) >= 11 is 5.78. The molecule has 6 heteroatoms. The van der Waals surface area contributed by atoms with Crippen LogP contribution < -0.4 is 11.1 Å². The van der Waals surface area contributed by atoms with Gasteiger partial charge in [-0.1, -0.05) is 11.6 Å². The maximum atomic E-state index is 12.0. The van der Waals surface area contributed by atoms with Crippen molar-refractivity contribution in [1.29, 1.82) is 0 Å². The van der Waals surface area contributed by atoms with Crippen LogP contribution in [0.2, 0.25) is 5.02 Å². The predicted octanol–water partition coefficient (Wildman–Crippen LogP) is 1.95. The zero-order chi connectivity index (χ0) is 13.8. The minimum Gasteiger partial charge on any atom is -0.398 e. The van der Waals surface area contributed by atoms with E-state index in [9.17, 15) is 4.79 Å². The molecule has 2 aromatic rings. The highest BCUT2D eigenvalue weighted by atomic mass is 35.5. The zero-order valence-electron chi connectivity index (χ0n) is 10.4. The lowest BCUT2D eigenvalue weighted by molar-refractivity contribution is 0.0951. The van der Waals surface area contributed by atoms with Crippen LogP contribution in [-0.2, 0) is 6.54 Å². The van der Waals surface area contributed by atoms with Crippen LogP contribution in [0.25, 0.3) is 0 Å². The third-order valence-electron chi connectivity index (χ3n) is 2.52. The Bertz CT molecular complexity index is 615. The van der Waals surface area contributed by atoms with Gasteiger partial charge in [-0.25, -0.2) is 9.97 Å². The van der Waals surface area contributed by atoms with Crippen LogP contribution >= 0.6 is 11.6 Å². The van der Waals surface area contributed by atoms with E-state index in [1.54, 1.807) is 37.4 Å². The predicted molar refractivity (Wildman–Crippen MR) is 73.8 cm³/mol. The molecule has 1 aromatic heterocycles. The van der Waals surface area contributed by atoms with Gasteiger partial charge in [0.1, 0.15) is 5.82 Å². The van der Waals surface area contributed by atoms with Crippen molar-refractivity contribution in [3.05, 3.63) is 52.6 Å². The SMILES string of the molecule is Cc1nccc(CNC(=O)c2ccc(Cl)cc2N)n1. The van der Waals surface area contributed by atoms with E-state index < -0.39 is 0 Å². The molecule has 1 heterocycles. The van der Waals surface area contributed by atoms with Gasteiger partial charge in [-0.05, 0) is 31.2 Å². The van der Waals surface area contributed by atoms with Crippen LogP contribution in [0.3, 0.4) is 0 Å². The van der Waals surface area contributed by atoms with Gasteiger partial charge in [0.2, 0.25) is 0 Å². The standard InChI is InChI=1S/C13H13ClN4O/c1-8-16-5-4-10(18-8)7-17-13(19)11-3-2-9(14)6-12(11)15/h2-6H,7,15H2,1H3,(H,17,19). The summed E-state index contributed by atoms with van der Waals surface area (Å²) in [5, 5.41) is 3.25. The fraction of sp³-hybridized carbons (Fsp3) is 0.154. The van der Waals surface area contributed by atoms with Gasteiger partial charge in [0.15, 0.2) is 0 Å². The third kappa shape index (κ3) is 3.42. The lowest BCUT2D eigenvalue weighted by Gasteiger charge is -2.07. The molecule has 0 saturated heterocycles. The number of hydrogen-bond donors (Lipinski definition) is 2. The Morgan fingerprint density at radius 1 is 1.42 bits per heavy atom. The second-order valence-corrected chi connectivity index (χ2v) is 4.45. The molecule has 1 aromatic carbocycles. The van der Waals surface area contributed by atoms with E-state index in [0.717, 1.165) is 5.69 Å². The maximum Gasteiger partial charge on any atom is 0.253 e. The lowest BCUT2D eigenvalue weighted by Crippen LogP contribution is -2.24. The van der Waals surface area contributed by atoms with Gasteiger partial charge in [-0.2, -0.15) is 0 Å². The van der Waals surface area contributed by atoms with E-state index in [2.05, 4.69) is 15.3 Å². The number of halogens is 1. The van der Waals surface area contributed by atoms with Gasteiger partial charge < -0.3 is 11.1 Å². The number of aromatic nitrogens is 2. The largest absolute Gasteiger partial charge is 0.398 e. The topological polar surface area (TPSA) is 80.9 Å². The number of nitrogens with two attached hydrogens (primary N) is 1. The van der Waals surface area contributed by atoms with E-state index in [4.69, 9.17) is 17.3 Å². The van der Waals surface area contributed by atoms with Crippen LogP contribution in [0.15, 0.2) is 30.5 Å². The number of rotatable bonds is 3. The van der Waals surface area contributed by atoms with Crippen LogP contribution in [0, 0.1) is 6.92 Å². The number of nitrogens with one attached hydrogen (secondary N) is 1. The highest BCUT2D eigenvalue weighted by molar-refractivity contribution is 6.31. The highest BCUT2D eigenvalue weighted by Crippen LogP contribution is 2.17. The average molecular weight is 277 g/mol. The van der Waals surface area contributed by atoms with Crippen molar-refractivity contribution in [1.82, 2.24) is 15.3 Å². The average Bonchev–Trinajstić information content (AvgIpc) is 2.36. The Balaban J connectivity index is 2.05. The molecule has 0 aliphatic heterocycles. The first-order chi connectivity index (χ1) is 9.06. The summed E-state index contributed by atoms with van der Waals surface area (Å²) in [6, 6.07) is 6.52. The van der Waals surface area contributed by atoms with Crippen LogP contribution in [0.4, 0.5) is 5.69 Å². The molecule has 0 atom stereocenters. The number of amides is 1. The zero-order valence-corrected chi connectivity index (χ0v) is 11.1. The Morgan fingerprint density at radius 3 is 2.89 bits per heavy atom. The van der Waals surface area contributed by atoms with E-state index in [0.29, 0.717) is 28.6 Å². The molecule has 0 saturated carbocycles. The summed E-state index contributed by atoms with van der Waals surface area (Å²) in [4.78, 5) is 20.1. The number of aryl methyl sites for hydroxylation is 1. The molecule has 5 nitrogen and oxygen atoms in total. The highest BCUT2D eigenvalue weighted by Gasteiger charge is 2.09. The summed E-state index contributed by atoms with van der Waals surface area (Å²) in [6.45, 7) is 2.12. The van der Waals surface area contributed by atoms with Gasteiger partial charge in [0, 0.05) is 16.9 Å². The molecule has 3 N–H and O–H groups in total. The van der Waals surface area contributed by atoms with Crippen LogP contribution in [0.1, 0.15) is 21.9 Å². The Hall–Kier alpha value is -2.14. The fourth-order valence-corrected chi connectivity index (χ4v) is 1.79. The fourth-order valence-electron chi connectivity index (χ4n) is 1.61. The number of nitrogens with zero attached hydrogens (tertiary/aromatic N) is 2. The van der Waals surface area contributed by atoms with Gasteiger partial charge in [-0.15, -0.1) is 0 Å². The summed E-state index contributed by atoms with van der Waals surface area (Å²) in [5.74, 6) is 0.406. The Morgan fingerprint density at radius 2 is 2.21 bits per heavy atom. The number of hydrogen-bond acceptors (Lipinski definition) is 4. The van der Waals surface area contributed by atoms with Crippen molar-refractivity contribution in [3.8, 4) is 0 Å². The van der Waals surface area contributed by atoms with Crippen molar-refractivity contribution < 1.29 is 4.79 Å². The van der Waals surface area contributed by atoms with Crippen molar-refractivity contribution in [2.24, 2.45) is 0 Å². The normalized spacial score (nSPS) is 10.2.